The number of non-ortho nitro benzene ring substituents is 1. The van der Waals surface area contributed by atoms with E-state index >= 15 is 0 Å². The van der Waals surface area contributed by atoms with Crippen molar-refractivity contribution < 1.29 is 19.7 Å². The Morgan fingerprint density at radius 2 is 2.08 bits per heavy atom. The lowest BCUT2D eigenvalue weighted by atomic mass is 10.2. The normalized spacial score (nSPS) is 10.7. The zero-order valence-corrected chi connectivity index (χ0v) is 11.7. The van der Waals surface area contributed by atoms with E-state index in [-0.39, 0.29) is 11.3 Å². The van der Waals surface area contributed by atoms with Crippen LogP contribution in [0.2, 0.25) is 0 Å². The summed E-state index contributed by atoms with van der Waals surface area (Å²) in [6, 6.07) is 3.07. The Kier molecular flexibility index (Phi) is 4.74. The Morgan fingerprint density at radius 3 is 2.71 bits per heavy atom. The summed E-state index contributed by atoms with van der Waals surface area (Å²) in [5.41, 5.74) is 1.68. The molecule has 13 heteroatoms. The number of nitro groups is 2. The number of rotatable bonds is 6. The number of hydrogen-bond donors (Lipinski definition) is 1. The summed E-state index contributed by atoms with van der Waals surface area (Å²) < 4.78 is 0.926. The minimum absolute atomic E-state index is 0.0825. The van der Waals surface area contributed by atoms with Gasteiger partial charge in [0.15, 0.2) is 0 Å². The molecule has 2 aromatic rings. The van der Waals surface area contributed by atoms with Crippen LogP contribution >= 0.6 is 0 Å². The number of carbonyl (C=O) groups excluding carboxylic acids is 1. The van der Waals surface area contributed by atoms with Crippen LogP contribution in [-0.4, -0.2) is 36.7 Å². The Bertz CT molecular complexity index is 830. The predicted molar refractivity (Wildman–Crippen MR) is 75.0 cm³/mol. The summed E-state index contributed by atoms with van der Waals surface area (Å²) in [7, 11) is 0. The van der Waals surface area contributed by atoms with Crippen molar-refractivity contribution in [3.8, 4) is 5.75 Å². The number of hydrazone groups is 1. The van der Waals surface area contributed by atoms with Gasteiger partial charge in [0.05, 0.1) is 11.1 Å². The van der Waals surface area contributed by atoms with Gasteiger partial charge in [-0.2, -0.15) is 9.78 Å². The second-order valence-corrected chi connectivity index (χ2v) is 4.27. The average Bonchev–Trinajstić information content (AvgIpc) is 2.97. The van der Waals surface area contributed by atoms with Crippen LogP contribution in [0, 0.1) is 20.2 Å². The van der Waals surface area contributed by atoms with E-state index in [1.807, 2.05) is 0 Å². The van der Waals surface area contributed by atoms with Gasteiger partial charge in [0.25, 0.3) is 11.6 Å². The smallest absolute Gasteiger partial charge is 0.490 e. The van der Waals surface area contributed by atoms with Gasteiger partial charge in [-0.05, 0) is 10.5 Å². The van der Waals surface area contributed by atoms with Crippen LogP contribution < -0.4 is 10.5 Å². The van der Waals surface area contributed by atoms with Crippen LogP contribution in [0.5, 0.6) is 5.75 Å². The van der Waals surface area contributed by atoms with Gasteiger partial charge in [0.1, 0.15) is 6.54 Å². The first-order valence-electron chi connectivity index (χ1n) is 6.18. The minimum Gasteiger partial charge on any atom is -0.872 e. The molecule has 2 rings (SSSR count). The molecule has 1 amide bonds. The van der Waals surface area contributed by atoms with E-state index in [1.54, 1.807) is 0 Å². The maximum absolute atomic E-state index is 11.6. The van der Waals surface area contributed by atoms with E-state index < -0.39 is 34.0 Å². The largest absolute Gasteiger partial charge is 0.872 e. The van der Waals surface area contributed by atoms with Crippen molar-refractivity contribution in [2.24, 2.45) is 5.10 Å². The van der Waals surface area contributed by atoms with Crippen molar-refractivity contribution in [3.63, 3.8) is 0 Å². The van der Waals surface area contributed by atoms with Crippen LogP contribution in [0.15, 0.2) is 29.6 Å². The molecule has 1 aromatic heterocycles. The van der Waals surface area contributed by atoms with Gasteiger partial charge in [-0.25, -0.2) is 5.43 Å². The Hall–Kier alpha value is -3.90. The van der Waals surface area contributed by atoms with Crippen LogP contribution in [0.25, 0.3) is 0 Å². The lowest BCUT2D eigenvalue weighted by Gasteiger charge is -2.08. The number of amides is 1. The van der Waals surface area contributed by atoms with Crippen molar-refractivity contribution in [1.29, 1.82) is 0 Å². The van der Waals surface area contributed by atoms with Gasteiger partial charge >= 0.3 is 5.95 Å². The number of nitro benzene ring substituents is 1. The molecule has 1 heterocycles. The van der Waals surface area contributed by atoms with Crippen LogP contribution in [-0.2, 0) is 11.3 Å². The number of nitrogens with zero attached hydrogens (tertiary/aromatic N) is 6. The molecule has 0 spiro atoms. The summed E-state index contributed by atoms with van der Waals surface area (Å²) in [6.07, 6.45) is 1.95. The zero-order valence-electron chi connectivity index (χ0n) is 11.7. The third kappa shape index (κ3) is 4.06. The molecular weight excluding hydrogens is 326 g/mol. The van der Waals surface area contributed by atoms with Crippen molar-refractivity contribution in [1.82, 2.24) is 20.2 Å². The summed E-state index contributed by atoms with van der Waals surface area (Å²) in [5, 5.41) is 39.5. The second-order valence-electron chi connectivity index (χ2n) is 4.27. The maximum atomic E-state index is 11.6. The van der Waals surface area contributed by atoms with Crippen molar-refractivity contribution >= 4 is 23.8 Å². The molecular formula is C11H8N7O6-. The SMILES string of the molecule is O=C(Cn1cnc([N+](=O)[O-])n1)N/N=C\c1cc([N+](=O)[O-])ccc1[O-]. The van der Waals surface area contributed by atoms with E-state index in [2.05, 4.69) is 20.6 Å². The van der Waals surface area contributed by atoms with Gasteiger partial charge in [0.2, 0.25) is 6.33 Å². The molecule has 1 N–H and O–H groups in total. The number of carbonyl (C=O) groups is 1. The van der Waals surface area contributed by atoms with E-state index in [0.29, 0.717) is 0 Å². The summed E-state index contributed by atoms with van der Waals surface area (Å²) in [5.74, 6) is -1.85. The van der Waals surface area contributed by atoms with E-state index in [4.69, 9.17) is 0 Å². The quantitative estimate of drug-likeness (QED) is 0.409. The molecule has 124 valence electrons. The van der Waals surface area contributed by atoms with Gasteiger partial charge in [-0.1, -0.05) is 16.8 Å². The maximum Gasteiger partial charge on any atom is 0.490 e. The van der Waals surface area contributed by atoms with Crippen molar-refractivity contribution in [2.75, 3.05) is 0 Å². The van der Waals surface area contributed by atoms with Crippen molar-refractivity contribution in [3.05, 3.63) is 50.3 Å². The molecule has 0 unspecified atom stereocenters. The Morgan fingerprint density at radius 1 is 1.33 bits per heavy atom. The highest BCUT2D eigenvalue weighted by Gasteiger charge is 2.14. The highest BCUT2D eigenvalue weighted by Crippen LogP contribution is 2.18. The first-order chi connectivity index (χ1) is 11.4. The number of hydrogen-bond acceptors (Lipinski definition) is 9. The molecule has 0 radical (unpaired) electrons. The van der Waals surface area contributed by atoms with Crippen molar-refractivity contribution in [2.45, 2.75) is 6.54 Å². The molecule has 0 fully saturated rings. The zero-order chi connectivity index (χ0) is 17.7. The highest BCUT2D eigenvalue weighted by molar-refractivity contribution is 5.85. The van der Waals surface area contributed by atoms with Gasteiger partial charge in [-0.15, -0.1) is 0 Å². The fourth-order valence-electron chi connectivity index (χ4n) is 1.55. The molecule has 0 saturated carbocycles. The topological polar surface area (TPSA) is 182 Å². The van der Waals surface area contributed by atoms with E-state index in [1.165, 1.54) is 0 Å². The Balaban J connectivity index is 1.98. The number of nitrogens with one attached hydrogen (secondary N) is 1. The standard InChI is InChI=1S/C11H9N7O6/c19-9-2-1-8(17(21)22)3-7(9)4-13-14-10(20)5-16-6-12-11(15-16)18(23)24/h1-4,6,19H,5H2,(H,14,20)/p-1/b13-4-. The minimum atomic E-state index is -0.815. The second kappa shape index (κ2) is 6.91. The van der Waals surface area contributed by atoms with Crippen LogP contribution in [0.4, 0.5) is 11.6 Å². The number of benzene rings is 1. The van der Waals surface area contributed by atoms with Gasteiger partial charge < -0.3 is 15.2 Å². The highest BCUT2D eigenvalue weighted by atomic mass is 16.6. The van der Waals surface area contributed by atoms with Crippen LogP contribution in [0.1, 0.15) is 5.56 Å². The molecule has 24 heavy (non-hydrogen) atoms. The van der Waals surface area contributed by atoms with Gasteiger partial charge in [-0.3, -0.25) is 14.9 Å². The van der Waals surface area contributed by atoms with Crippen LogP contribution in [0.3, 0.4) is 0 Å². The molecule has 0 bridgehead atoms. The van der Waals surface area contributed by atoms with Gasteiger partial charge in [0, 0.05) is 17.2 Å². The third-order valence-electron chi connectivity index (χ3n) is 2.59. The average molecular weight is 334 g/mol. The molecule has 0 aliphatic rings. The lowest BCUT2D eigenvalue weighted by Crippen LogP contribution is -2.23. The molecule has 1 aromatic carbocycles. The van der Waals surface area contributed by atoms with E-state index in [0.717, 1.165) is 35.4 Å². The Labute approximate surface area is 132 Å². The third-order valence-corrected chi connectivity index (χ3v) is 2.59. The molecule has 0 aliphatic carbocycles. The fourth-order valence-corrected chi connectivity index (χ4v) is 1.55. The molecule has 0 aliphatic heterocycles. The fraction of sp³-hybridized carbons (Fsp3) is 0.0909. The molecule has 13 nitrogen and oxygen atoms in total. The van der Waals surface area contributed by atoms with E-state index in [9.17, 15) is 30.1 Å². The summed E-state index contributed by atoms with van der Waals surface area (Å²) >= 11 is 0. The lowest BCUT2D eigenvalue weighted by molar-refractivity contribution is -0.394. The molecule has 0 atom stereocenters. The molecule has 0 saturated heterocycles. The number of aromatic nitrogens is 3. The first-order valence-corrected chi connectivity index (χ1v) is 6.18. The monoisotopic (exact) mass is 334 g/mol. The summed E-state index contributed by atoms with van der Waals surface area (Å²) in [6.45, 7) is -0.392. The predicted octanol–water partition coefficient (Wildman–Crippen LogP) is -0.682. The summed E-state index contributed by atoms with van der Waals surface area (Å²) in [4.78, 5) is 34.5. The first kappa shape index (κ1) is 16.5.